The number of hydrogen-bond donors (Lipinski definition) is 0. The van der Waals surface area contributed by atoms with Crippen LogP contribution in [0.3, 0.4) is 0 Å². The molecular weight excluding hydrogens is 218 g/mol. The Labute approximate surface area is 96.8 Å². The third kappa shape index (κ3) is 1.46. The Bertz CT molecular complexity index is 612. The summed E-state index contributed by atoms with van der Waals surface area (Å²) in [5, 5.41) is 12.5. The number of benzene rings is 2. The molecule has 0 fully saturated rings. The molecule has 0 saturated carbocycles. The lowest BCUT2D eigenvalue weighted by Crippen LogP contribution is -1.91. The first-order valence-electron chi connectivity index (χ1n) is 4.96. The van der Waals surface area contributed by atoms with Crippen LogP contribution >= 0.6 is 11.3 Å². The van der Waals surface area contributed by atoms with Crippen molar-refractivity contribution in [1.29, 1.82) is 0 Å². The van der Waals surface area contributed by atoms with Crippen LogP contribution in [0, 0.1) is 0 Å². The van der Waals surface area contributed by atoms with Gasteiger partial charge >= 0.3 is 0 Å². The van der Waals surface area contributed by atoms with Crippen molar-refractivity contribution < 1.29 is 5.11 Å². The summed E-state index contributed by atoms with van der Waals surface area (Å²) >= 11 is 1.55. The van der Waals surface area contributed by atoms with Crippen molar-refractivity contribution in [2.75, 3.05) is 0 Å². The molecule has 2 nitrogen and oxygen atoms in total. The molecule has 0 unspecified atom stereocenters. The molecule has 0 saturated heterocycles. The number of nitrogens with zero attached hydrogens (tertiary/aromatic N) is 1. The quantitative estimate of drug-likeness (QED) is 0.639. The van der Waals surface area contributed by atoms with Crippen molar-refractivity contribution in [3.8, 4) is 16.3 Å². The summed E-state index contributed by atoms with van der Waals surface area (Å²) < 4.78 is 1.11. The van der Waals surface area contributed by atoms with E-state index in [2.05, 4.69) is 4.98 Å². The lowest BCUT2D eigenvalue weighted by molar-refractivity contribution is -0.267. The molecule has 0 N–H and O–H groups in total. The van der Waals surface area contributed by atoms with Gasteiger partial charge in [-0.2, -0.15) is 0 Å². The zero-order valence-electron chi connectivity index (χ0n) is 8.38. The molecule has 3 rings (SSSR count). The Morgan fingerprint density at radius 1 is 0.938 bits per heavy atom. The van der Waals surface area contributed by atoms with Gasteiger partial charge < -0.3 is 5.11 Å². The van der Waals surface area contributed by atoms with Crippen molar-refractivity contribution >= 4 is 21.6 Å². The number of aromatic nitrogens is 1. The van der Waals surface area contributed by atoms with E-state index in [4.69, 9.17) is 0 Å². The molecule has 0 aliphatic carbocycles. The molecule has 1 heterocycles. The predicted molar refractivity (Wildman–Crippen MR) is 64.5 cm³/mol. The summed E-state index contributed by atoms with van der Waals surface area (Å²) in [7, 11) is 0. The van der Waals surface area contributed by atoms with Crippen molar-refractivity contribution in [3.05, 3.63) is 48.5 Å². The van der Waals surface area contributed by atoms with Gasteiger partial charge in [0.15, 0.2) is 0 Å². The largest absolute Gasteiger partial charge is 0.872 e. The van der Waals surface area contributed by atoms with E-state index in [-0.39, 0.29) is 5.75 Å². The lowest BCUT2D eigenvalue weighted by atomic mass is 10.2. The minimum absolute atomic E-state index is 0.0292. The van der Waals surface area contributed by atoms with E-state index < -0.39 is 0 Å². The Hall–Kier alpha value is -1.87. The fourth-order valence-corrected chi connectivity index (χ4v) is 2.63. The smallest absolute Gasteiger partial charge is 0.123 e. The lowest BCUT2D eigenvalue weighted by Gasteiger charge is -2.09. The number of hydrogen-bond acceptors (Lipinski definition) is 3. The molecule has 0 atom stereocenters. The standard InChI is InChI=1S/C13H9NOS/c15-11-7-3-1-5-9(11)13-14-10-6-2-4-8-12(10)16-13/h1-8,15H/p-1. The molecule has 3 aromatic rings. The van der Waals surface area contributed by atoms with E-state index in [9.17, 15) is 5.11 Å². The first-order chi connectivity index (χ1) is 7.84. The predicted octanol–water partition coefficient (Wildman–Crippen LogP) is 3.04. The average Bonchev–Trinajstić information content (AvgIpc) is 2.73. The van der Waals surface area contributed by atoms with E-state index >= 15 is 0 Å². The Kier molecular flexibility index (Phi) is 2.11. The Balaban J connectivity index is 2.23. The maximum atomic E-state index is 11.7. The SMILES string of the molecule is [O-]c1ccccc1-c1nc2ccccc2s1. The monoisotopic (exact) mass is 226 g/mol. The van der Waals surface area contributed by atoms with Crippen molar-refractivity contribution in [1.82, 2.24) is 4.98 Å². The van der Waals surface area contributed by atoms with Crippen molar-refractivity contribution in [2.45, 2.75) is 0 Å². The van der Waals surface area contributed by atoms with Crippen LogP contribution in [0.2, 0.25) is 0 Å². The van der Waals surface area contributed by atoms with Crippen molar-refractivity contribution in [3.63, 3.8) is 0 Å². The molecular formula is C13H8NOS-. The van der Waals surface area contributed by atoms with Crippen LogP contribution in [0.1, 0.15) is 0 Å². The topological polar surface area (TPSA) is 36.0 Å². The zero-order chi connectivity index (χ0) is 11.0. The molecule has 78 valence electrons. The van der Waals surface area contributed by atoms with Gasteiger partial charge in [0.2, 0.25) is 0 Å². The summed E-state index contributed by atoms with van der Waals surface area (Å²) in [5.41, 5.74) is 1.63. The summed E-state index contributed by atoms with van der Waals surface area (Å²) in [5.74, 6) is 0.0292. The first kappa shape index (κ1) is 9.36. The summed E-state index contributed by atoms with van der Waals surface area (Å²) in [6, 6.07) is 14.9. The number of thiazole rings is 1. The van der Waals surface area contributed by atoms with Gasteiger partial charge in [-0.05, 0) is 12.1 Å². The second-order valence-corrected chi connectivity index (χ2v) is 4.51. The highest BCUT2D eigenvalue weighted by Crippen LogP contribution is 2.33. The van der Waals surface area contributed by atoms with E-state index in [1.54, 1.807) is 23.5 Å². The Morgan fingerprint density at radius 2 is 1.69 bits per heavy atom. The van der Waals surface area contributed by atoms with Crippen LogP contribution in [0.25, 0.3) is 20.8 Å². The normalized spacial score (nSPS) is 10.8. The third-order valence-corrected chi connectivity index (χ3v) is 3.48. The van der Waals surface area contributed by atoms with E-state index in [1.165, 1.54) is 0 Å². The molecule has 0 amide bonds. The third-order valence-electron chi connectivity index (χ3n) is 2.41. The Morgan fingerprint density at radius 3 is 2.50 bits per heavy atom. The molecule has 16 heavy (non-hydrogen) atoms. The molecule has 0 aliphatic heterocycles. The van der Waals surface area contributed by atoms with Crippen LogP contribution in [-0.2, 0) is 0 Å². The average molecular weight is 226 g/mol. The highest BCUT2D eigenvalue weighted by molar-refractivity contribution is 7.21. The van der Waals surface area contributed by atoms with E-state index in [0.717, 1.165) is 15.2 Å². The molecule has 0 spiro atoms. The summed E-state index contributed by atoms with van der Waals surface area (Å²) in [6.07, 6.45) is 0. The van der Waals surface area contributed by atoms with E-state index in [0.29, 0.717) is 5.56 Å². The van der Waals surface area contributed by atoms with Gasteiger partial charge in [0, 0.05) is 5.56 Å². The molecule has 2 aromatic carbocycles. The molecule has 0 radical (unpaired) electrons. The van der Waals surface area contributed by atoms with Gasteiger partial charge in [0.05, 0.1) is 10.2 Å². The van der Waals surface area contributed by atoms with Crippen LogP contribution in [0.15, 0.2) is 48.5 Å². The van der Waals surface area contributed by atoms with Gasteiger partial charge in [-0.25, -0.2) is 4.98 Å². The van der Waals surface area contributed by atoms with Gasteiger partial charge in [-0.3, -0.25) is 0 Å². The highest BCUT2D eigenvalue weighted by atomic mass is 32.1. The minimum Gasteiger partial charge on any atom is -0.872 e. The van der Waals surface area contributed by atoms with Gasteiger partial charge in [-0.1, -0.05) is 42.1 Å². The molecule has 0 bridgehead atoms. The number of rotatable bonds is 1. The number of fused-ring (bicyclic) bond motifs is 1. The fourth-order valence-electron chi connectivity index (χ4n) is 1.63. The second-order valence-electron chi connectivity index (χ2n) is 3.48. The minimum atomic E-state index is 0.0292. The highest BCUT2D eigenvalue weighted by Gasteiger charge is 2.05. The summed E-state index contributed by atoms with van der Waals surface area (Å²) in [6.45, 7) is 0. The van der Waals surface area contributed by atoms with E-state index in [1.807, 2.05) is 36.4 Å². The van der Waals surface area contributed by atoms with Gasteiger partial charge in [0.25, 0.3) is 0 Å². The van der Waals surface area contributed by atoms with Crippen LogP contribution in [0.4, 0.5) is 0 Å². The second kappa shape index (κ2) is 3.61. The molecule has 0 aliphatic rings. The van der Waals surface area contributed by atoms with Crippen LogP contribution in [-0.4, -0.2) is 4.98 Å². The summed E-state index contributed by atoms with van der Waals surface area (Å²) in [4.78, 5) is 4.46. The molecule has 1 aromatic heterocycles. The number of para-hydroxylation sites is 2. The zero-order valence-corrected chi connectivity index (χ0v) is 9.20. The van der Waals surface area contributed by atoms with Crippen LogP contribution < -0.4 is 5.11 Å². The van der Waals surface area contributed by atoms with Gasteiger partial charge in [-0.15, -0.1) is 11.3 Å². The first-order valence-corrected chi connectivity index (χ1v) is 5.78. The fraction of sp³-hybridized carbons (Fsp3) is 0. The maximum absolute atomic E-state index is 11.7. The van der Waals surface area contributed by atoms with Gasteiger partial charge in [0.1, 0.15) is 5.01 Å². The maximum Gasteiger partial charge on any atom is 0.123 e. The van der Waals surface area contributed by atoms with Crippen molar-refractivity contribution in [2.24, 2.45) is 0 Å². The molecule has 3 heteroatoms. The van der Waals surface area contributed by atoms with Crippen LogP contribution in [0.5, 0.6) is 5.75 Å².